The fourth-order valence-corrected chi connectivity index (χ4v) is 3.58. The van der Waals surface area contributed by atoms with Gasteiger partial charge in [0.25, 0.3) is 0 Å². The first-order chi connectivity index (χ1) is 12.7. The van der Waals surface area contributed by atoms with Crippen molar-refractivity contribution in [1.29, 1.82) is 0 Å². The molecule has 2 aromatic rings. The average molecular weight is 364 g/mol. The fraction of sp³-hybridized carbons (Fsp3) is 0.391. The number of hydrogen-bond donors (Lipinski definition) is 1. The lowest BCUT2D eigenvalue weighted by molar-refractivity contribution is -0.122. The van der Waals surface area contributed by atoms with Gasteiger partial charge in [0.2, 0.25) is 11.8 Å². The van der Waals surface area contributed by atoms with E-state index in [0.29, 0.717) is 6.54 Å². The summed E-state index contributed by atoms with van der Waals surface area (Å²) in [5.74, 6) is -0.425. The molecular formula is C23H28N2O2. The van der Waals surface area contributed by atoms with Gasteiger partial charge in [0.05, 0.1) is 5.92 Å². The summed E-state index contributed by atoms with van der Waals surface area (Å²) in [5, 5.41) is 3.01. The molecule has 3 rings (SSSR count). The van der Waals surface area contributed by atoms with Crippen molar-refractivity contribution in [3.63, 3.8) is 0 Å². The van der Waals surface area contributed by atoms with Gasteiger partial charge < -0.3 is 10.2 Å². The predicted octanol–water partition coefficient (Wildman–Crippen LogP) is 4.59. The second-order valence-corrected chi connectivity index (χ2v) is 8.41. The molecule has 0 radical (unpaired) electrons. The number of carbonyl (C=O) groups excluding carboxylic acids is 2. The maximum atomic E-state index is 12.8. The van der Waals surface area contributed by atoms with Crippen LogP contribution in [0.3, 0.4) is 0 Å². The van der Waals surface area contributed by atoms with Gasteiger partial charge >= 0.3 is 0 Å². The lowest BCUT2D eigenvalue weighted by Crippen LogP contribution is -2.30. The molecule has 0 bridgehead atoms. The van der Waals surface area contributed by atoms with Crippen LogP contribution < -0.4 is 10.2 Å². The van der Waals surface area contributed by atoms with Gasteiger partial charge in [-0.25, -0.2) is 0 Å². The van der Waals surface area contributed by atoms with Crippen LogP contribution in [0, 0.1) is 19.8 Å². The Labute approximate surface area is 161 Å². The first-order valence-electron chi connectivity index (χ1n) is 9.45. The molecule has 1 aliphatic heterocycles. The first kappa shape index (κ1) is 19.2. The van der Waals surface area contributed by atoms with Crippen molar-refractivity contribution in [3.8, 4) is 0 Å². The minimum atomic E-state index is -0.342. The Balaban J connectivity index is 1.80. The molecule has 1 fully saturated rings. The van der Waals surface area contributed by atoms with E-state index in [1.54, 1.807) is 4.90 Å². The van der Waals surface area contributed by atoms with Gasteiger partial charge in [-0.2, -0.15) is 0 Å². The van der Waals surface area contributed by atoms with E-state index in [1.807, 2.05) is 50.2 Å². The molecule has 0 aliphatic carbocycles. The van der Waals surface area contributed by atoms with Crippen LogP contribution in [0.4, 0.5) is 11.4 Å². The molecule has 4 heteroatoms. The first-order valence-corrected chi connectivity index (χ1v) is 9.45. The van der Waals surface area contributed by atoms with E-state index >= 15 is 0 Å². The normalized spacial score (nSPS) is 17.3. The lowest BCUT2D eigenvalue weighted by atomic mass is 9.85. The van der Waals surface area contributed by atoms with Gasteiger partial charge in [-0.15, -0.1) is 0 Å². The zero-order valence-corrected chi connectivity index (χ0v) is 16.8. The molecule has 0 saturated carbocycles. The molecule has 1 aliphatic rings. The standard InChI is InChI=1S/C23H28N2O2/c1-15-9-8-11-19(16(15)2)24-22(27)17-13-21(26)25(14-17)20-12-7-6-10-18(20)23(3,4)5/h6-12,17H,13-14H2,1-5H3,(H,24,27). The van der Waals surface area contributed by atoms with Crippen molar-refractivity contribution in [2.75, 3.05) is 16.8 Å². The monoisotopic (exact) mass is 364 g/mol. The lowest BCUT2D eigenvalue weighted by Gasteiger charge is -2.27. The summed E-state index contributed by atoms with van der Waals surface area (Å²) in [6.45, 7) is 10.8. The number of benzene rings is 2. The van der Waals surface area contributed by atoms with E-state index in [1.165, 1.54) is 0 Å². The van der Waals surface area contributed by atoms with Gasteiger partial charge in [0.1, 0.15) is 0 Å². The van der Waals surface area contributed by atoms with E-state index in [0.717, 1.165) is 28.1 Å². The second kappa shape index (κ2) is 7.18. The maximum Gasteiger partial charge on any atom is 0.229 e. The smallest absolute Gasteiger partial charge is 0.229 e. The van der Waals surface area contributed by atoms with Gasteiger partial charge in [-0.3, -0.25) is 9.59 Å². The quantitative estimate of drug-likeness (QED) is 0.866. The van der Waals surface area contributed by atoms with Gasteiger partial charge in [0.15, 0.2) is 0 Å². The molecule has 4 nitrogen and oxygen atoms in total. The second-order valence-electron chi connectivity index (χ2n) is 8.41. The number of hydrogen-bond acceptors (Lipinski definition) is 2. The Bertz CT molecular complexity index is 880. The van der Waals surface area contributed by atoms with E-state index in [-0.39, 0.29) is 29.6 Å². The van der Waals surface area contributed by atoms with Crippen molar-refractivity contribution in [1.82, 2.24) is 0 Å². The molecule has 1 unspecified atom stereocenters. The third-order valence-electron chi connectivity index (χ3n) is 5.36. The Morgan fingerprint density at radius 1 is 1.07 bits per heavy atom. The number of aryl methyl sites for hydroxylation is 1. The van der Waals surface area contributed by atoms with Gasteiger partial charge in [-0.1, -0.05) is 51.1 Å². The number of carbonyl (C=O) groups is 2. The molecule has 1 saturated heterocycles. The number of rotatable bonds is 3. The van der Waals surface area contributed by atoms with E-state index in [2.05, 4.69) is 32.2 Å². The van der Waals surface area contributed by atoms with E-state index < -0.39 is 0 Å². The van der Waals surface area contributed by atoms with Crippen LogP contribution in [-0.4, -0.2) is 18.4 Å². The molecule has 1 atom stereocenters. The molecule has 1 heterocycles. The third-order valence-corrected chi connectivity index (χ3v) is 5.36. The highest BCUT2D eigenvalue weighted by Gasteiger charge is 2.37. The summed E-state index contributed by atoms with van der Waals surface area (Å²) in [6, 6.07) is 13.8. The van der Waals surface area contributed by atoms with Gasteiger partial charge in [0, 0.05) is 24.3 Å². The summed E-state index contributed by atoms with van der Waals surface area (Å²) < 4.78 is 0. The Kier molecular flexibility index (Phi) is 5.09. The largest absolute Gasteiger partial charge is 0.326 e. The van der Waals surface area contributed by atoms with E-state index in [9.17, 15) is 9.59 Å². The molecule has 0 spiro atoms. The number of anilines is 2. The summed E-state index contributed by atoms with van der Waals surface area (Å²) in [7, 11) is 0. The Hall–Kier alpha value is -2.62. The van der Waals surface area contributed by atoms with Crippen molar-refractivity contribution < 1.29 is 9.59 Å². The number of para-hydroxylation sites is 1. The zero-order chi connectivity index (χ0) is 19.8. The number of amides is 2. The fourth-order valence-electron chi connectivity index (χ4n) is 3.58. The molecular weight excluding hydrogens is 336 g/mol. The summed E-state index contributed by atoms with van der Waals surface area (Å²) >= 11 is 0. The third kappa shape index (κ3) is 3.90. The van der Waals surface area contributed by atoms with Crippen molar-refractivity contribution in [2.45, 2.75) is 46.5 Å². The van der Waals surface area contributed by atoms with Crippen LogP contribution >= 0.6 is 0 Å². The van der Waals surface area contributed by atoms with Crippen molar-refractivity contribution >= 4 is 23.2 Å². The zero-order valence-electron chi connectivity index (χ0n) is 16.8. The van der Waals surface area contributed by atoms with E-state index in [4.69, 9.17) is 0 Å². The molecule has 2 aromatic carbocycles. The van der Waals surface area contributed by atoms with Crippen LogP contribution in [0.2, 0.25) is 0 Å². The van der Waals surface area contributed by atoms with Crippen LogP contribution in [0.15, 0.2) is 42.5 Å². The van der Waals surface area contributed by atoms with Gasteiger partial charge in [-0.05, 0) is 48.1 Å². The molecule has 0 aromatic heterocycles. The molecule has 1 N–H and O–H groups in total. The summed E-state index contributed by atoms with van der Waals surface area (Å²) in [6.07, 6.45) is 0.245. The number of nitrogens with one attached hydrogen (secondary N) is 1. The summed E-state index contributed by atoms with van der Waals surface area (Å²) in [4.78, 5) is 27.3. The Morgan fingerprint density at radius 3 is 2.48 bits per heavy atom. The maximum absolute atomic E-state index is 12.8. The van der Waals surface area contributed by atoms with Crippen molar-refractivity contribution in [2.24, 2.45) is 5.92 Å². The Morgan fingerprint density at radius 2 is 1.78 bits per heavy atom. The molecule has 2 amide bonds. The van der Waals surface area contributed by atoms with Crippen LogP contribution in [0.25, 0.3) is 0 Å². The van der Waals surface area contributed by atoms with Crippen LogP contribution in [0.5, 0.6) is 0 Å². The highest BCUT2D eigenvalue weighted by molar-refractivity contribution is 6.04. The van der Waals surface area contributed by atoms with Crippen LogP contribution in [0.1, 0.15) is 43.9 Å². The van der Waals surface area contributed by atoms with Crippen molar-refractivity contribution in [3.05, 3.63) is 59.2 Å². The SMILES string of the molecule is Cc1cccc(NC(=O)C2CC(=O)N(c3ccccc3C(C)(C)C)C2)c1C. The minimum absolute atomic E-state index is 0.00724. The predicted molar refractivity (Wildman–Crippen MR) is 110 cm³/mol. The molecule has 27 heavy (non-hydrogen) atoms. The van der Waals surface area contributed by atoms with Crippen LogP contribution in [-0.2, 0) is 15.0 Å². The minimum Gasteiger partial charge on any atom is -0.326 e. The highest BCUT2D eigenvalue weighted by atomic mass is 16.2. The number of nitrogens with zero attached hydrogens (tertiary/aromatic N) is 1. The average Bonchev–Trinajstić information content (AvgIpc) is 3.00. The summed E-state index contributed by atoms with van der Waals surface area (Å²) in [5.41, 5.74) is 4.98. The molecule has 142 valence electrons. The highest BCUT2D eigenvalue weighted by Crippen LogP contribution is 2.35. The topological polar surface area (TPSA) is 49.4 Å².